The summed E-state index contributed by atoms with van der Waals surface area (Å²) in [5, 5.41) is 11.0. The van der Waals surface area contributed by atoms with Gasteiger partial charge in [0.15, 0.2) is 0 Å². The number of benzene rings is 1. The minimum atomic E-state index is 0.296. The highest BCUT2D eigenvalue weighted by Crippen LogP contribution is 2.25. The molecule has 0 bridgehead atoms. The van der Waals surface area contributed by atoms with Gasteiger partial charge in [0, 0.05) is 18.7 Å². The highest BCUT2D eigenvalue weighted by Gasteiger charge is 2.25. The lowest BCUT2D eigenvalue weighted by atomic mass is 10.1. The van der Waals surface area contributed by atoms with Crippen LogP contribution in [0.2, 0.25) is 0 Å². The number of rotatable bonds is 7. The summed E-state index contributed by atoms with van der Waals surface area (Å²) in [7, 11) is 0. The molecule has 1 aromatic carbocycles. The first kappa shape index (κ1) is 16.1. The van der Waals surface area contributed by atoms with Crippen LogP contribution in [0.4, 0.5) is 0 Å². The van der Waals surface area contributed by atoms with Gasteiger partial charge in [0.1, 0.15) is 5.76 Å². The second-order valence-electron chi connectivity index (χ2n) is 6.54. The lowest BCUT2D eigenvalue weighted by Gasteiger charge is -2.26. The Balaban J connectivity index is 1.42. The number of aromatic amines is 1. The molecule has 130 valence electrons. The number of nitrogens with one attached hydrogen (secondary N) is 2. The molecule has 3 heterocycles. The molecule has 2 aromatic heterocycles. The summed E-state index contributed by atoms with van der Waals surface area (Å²) in [6.07, 6.45) is 6.23. The van der Waals surface area contributed by atoms with E-state index in [4.69, 9.17) is 4.42 Å². The van der Waals surface area contributed by atoms with Gasteiger partial charge < -0.3 is 9.73 Å². The second kappa shape index (κ2) is 7.68. The first-order valence-corrected chi connectivity index (χ1v) is 8.97. The van der Waals surface area contributed by atoms with Crippen LogP contribution in [0.1, 0.15) is 30.2 Å². The zero-order chi connectivity index (χ0) is 16.9. The Bertz CT molecular complexity index is 760. The molecule has 0 spiro atoms. The number of aromatic nitrogens is 2. The van der Waals surface area contributed by atoms with Crippen molar-refractivity contribution in [3.63, 3.8) is 0 Å². The van der Waals surface area contributed by atoms with E-state index in [1.54, 1.807) is 6.26 Å². The van der Waals surface area contributed by atoms with Crippen molar-refractivity contribution in [3.05, 3.63) is 66.2 Å². The van der Waals surface area contributed by atoms with Gasteiger partial charge in [-0.2, -0.15) is 5.10 Å². The van der Waals surface area contributed by atoms with Crippen LogP contribution in [0.15, 0.2) is 59.3 Å². The molecule has 5 nitrogen and oxygen atoms in total. The van der Waals surface area contributed by atoms with Gasteiger partial charge in [-0.3, -0.25) is 10.00 Å². The number of furan rings is 1. The molecule has 1 fully saturated rings. The van der Waals surface area contributed by atoms with Crippen molar-refractivity contribution in [2.24, 2.45) is 0 Å². The zero-order valence-corrected chi connectivity index (χ0v) is 14.3. The summed E-state index contributed by atoms with van der Waals surface area (Å²) in [4.78, 5) is 2.51. The standard InChI is InChI=1S/C20H24N4O/c1-2-7-16(8-3-1)20-17(14-22-23-20)13-21-15-18(19-9-6-12-25-19)24-10-4-5-11-24/h1-3,6-9,12,14,18,21H,4-5,10-11,13,15H2,(H,22,23). The summed E-state index contributed by atoms with van der Waals surface area (Å²) in [6.45, 7) is 3.95. The van der Waals surface area contributed by atoms with Crippen LogP contribution < -0.4 is 5.32 Å². The minimum Gasteiger partial charge on any atom is -0.468 e. The summed E-state index contributed by atoms with van der Waals surface area (Å²) in [5.41, 5.74) is 3.44. The Hall–Kier alpha value is -2.37. The summed E-state index contributed by atoms with van der Waals surface area (Å²) >= 11 is 0. The first-order valence-electron chi connectivity index (χ1n) is 8.97. The van der Waals surface area contributed by atoms with Gasteiger partial charge in [-0.25, -0.2) is 0 Å². The lowest BCUT2D eigenvalue weighted by molar-refractivity contribution is 0.209. The SMILES string of the molecule is c1ccc(-c2[nH]ncc2CNCC(c2ccco2)N2CCCC2)cc1. The predicted octanol–water partition coefficient (Wildman–Crippen LogP) is 3.60. The van der Waals surface area contributed by atoms with E-state index in [1.807, 2.05) is 30.5 Å². The molecule has 1 unspecified atom stereocenters. The monoisotopic (exact) mass is 336 g/mol. The molecule has 0 amide bonds. The number of hydrogen-bond acceptors (Lipinski definition) is 4. The maximum Gasteiger partial charge on any atom is 0.122 e. The molecule has 1 saturated heterocycles. The summed E-state index contributed by atoms with van der Waals surface area (Å²) in [5.74, 6) is 1.05. The Morgan fingerprint density at radius 3 is 2.72 bits per heavy atom. The van der Waals surface area contributed by atoms with Crippen molar-refractivity contribution in [3.8, 4) is 11.3 Å². The van der Waals surface area contributed by atoms with Crippen LogP contribution in [-0.4, -0.2) is 34.7 Å². The van der Waals surface area contributed by atoms with Gasteiger partial charge in [0.2, 0.25) is 0 Å². The van der Waals surface area contributed by atoms with Gasteiger partial charge in [0.05, 0.1) is 24.2 Å². The molecule has 1 aliphatic heterocycles. The number of nitrogens with zero attached hydrogens (tertiary/aromatic N) is 2. The van der Waals surface area contributed by atoms with Crippen molar-refractivity contribution in [1.29, 1.82) is 0 Å². The van der Waals surface area contributed by atoms with Crippen molar-refractivity contribution in [1.82, 2.24) is 20.4 Å². The molecule has 3 aromatic rings. The lowest BCUT2D eigenvalue weighted by Crippen LogP contribution is -2.33. The van der Waals surface area contributed by atoms with Gasteiger partial charge in [0.25, 0.3) is 0 Å². The topological polar surface area (TPSA) is 57.1 Å². The highest BCUT2D eigenvalue weighted by atomic mass is 16.3. The fourth-order valence-corrected chi connectivity index (χ4v) is 3.59. The van der Waals surface area contributed by atoms with Crippen LogP contribution in [0.3, 0.4) is 0 Å². The molecule has 0 radical (unpaired) electrons. The van der Waals surface area contributed by atoms with E-state index in [1.165, 1.54) is 24.0 Å². The van der Waals surface area contributed by atoms with Crippen molar-refractivity contribution in [2.45, 2.75) is 25.4 Å². The maximum atomic E-state index is 5.69. The normalized spacial score (nSPS) is 16.3. The third kappa shape index (κ3) is 3.67. The summed E-state index contributed by atoms with van der Waals surface area (Å²) in [6, 6.07) is 14.7. The molecule has 5 heteroatoms. The first-order chi connectivity index (χ1) is 12.4. The van der Waals surface area contributed by atoms with Crippen LogP contribution in [0.5, 0.6) is 0 Å². The third-order valence-electron chi connectivity index (χ3n) is 4.89. The average molecular weight is 336 g/mol. The largest absolute Gasteiger partial charge is 0.468 e. The van der Waals surface area contributed by atoms with E-state index in [0.29, 0.717) is 6.04 Å². The number of hydrogen-bond donors (Lipinski definition) is 2. The number of likely N-dealkylation sites (tertiary alicyclic amines) is 1. The molecule has 4 rings (SSSR count). The van der Waals surface area contributed by atoms with Gasteiger partial charge in [-0.15, -0.1) is 0 Å². The quantitative estimate of drug-likeness (QED) is 0.692. The molecule has 2 N–H and O–H groups in total. The maximum absolute atomic E-state index is 5.69. The third-order valence-corrected chi connectivity index (χ3v) is 4.89. The van der Waals surface area contributed by atoms with Crippen molar-refractivity contribution < 1.29 is 4.42 Å². The van der Waals surface area contributed by atoms with Gasteiger partial charge in [-0.05, 0) is 43.6 Å². The minimum absolute atomic E-state index is 0.296. The molecule has 1 aliphatic rings. The smallest absolute Gasteiger partial charge is 0.122 e. The van der Waals surface area contributed by atoms with E-state index in [2.05, 4.69) is 38.6 Å². The van der Waals surface area contributed by atoms with E-state index < -0.39 is 0 Å². The second-order valence-corrected chi connectivity index (χ2v) is 6.54. The van der Waals surface area contributed by atoms with Gasteiger partial charge >= 0.3 is 0 Å². The van der Waals surface area contributed by atoms with Gasteiger partial charge in [-0.1, -0.05) is 30.3 Å². The van der Waals surface area contributed by atoms with Crippen LogP contribution in [0, 0.1) is 0 Å². The Morgan fingerprint density at radius 1 is 1.12 bits per heavy atom. The predicted molar refractivity (Wildman–Crippen MR) is 98.0 cm³/mol. The van der Waals surface area contributed by atoms with E-state index in [0.717, 1.165) is 37.6 Å². The molecular weight excluding hydrogens is 312 g/mol. The highest BCUT2D eigenvalue weighted by molar-refractivity contribution is 5.62. The fourth-order valence-electron chi connectivity index (χ4n) is 3.59. The van der Waals surface area contributed by atoms with Crippen molar-refractivity contribution >= 4 is 0 Å². The molecule has 1 atom stereocenters. The molecule has 0 saturated carbocycles. The summed E-state index contributed by atoms with van der Waals surface area (Å²) < 4.78 is 5.69. The Labute approximate surface area is 148 Å². The van der Waals surface area contributed by atoms with E-state index in [-0.39, 0.29) is 0 Å². The Kier molecular flexibility index (Phi) is 4.95. The van der Waals surface area contributed by atoms with Crippen LogP contribution in [-0.2, 0) is 6.54 Å². The van der Waals surface area contributed by atoms with E-state index in [9.17, 15) is 0 Å². The molecule has 25 heavy (non-hydrogen) atoms. The zero-order valence-electron chi connectivity index (χ0n) is 14.3. The fraction of sp³-hybridized carbons (Fsp3) is 0.350. The molecule has 0 aliphatic carbocycles. The van der Waals surface area contributed by atoms with Crippen molar-refractivity contribution in [2.75, 3.05) is 19.6 Å². The Morgan fingerprint density at radius 2 is 1.96 bits per heavy atom. The van der Waals surface area contributed by atoms with Crippen LogP contribution in [0.25, 0.3) is 11.3 Å². The van der Waals surface area contributed by atoms with E-state index >= 15 is 0 Å². The van der Waals surface area contributed by atoms with Crippen LogP contribution >= 0.6 is 0 Å². The number of H-pyrrole nitrogens is 1. The molecular formula is C20H24N4O. The average Bonchev–Trinajstić information content (AvgIpc) is 3.42.